The molecule has 0 bridgehead atoms. The Balaban J connectivity index is 1.91. The van der Waals surface area contributed by atoms with E-state index in [1.807, 2.05) is 13.8 Å². The lowest BCUT2D eigenvalue weighted by molar-refractivity contribution is -0.122. The van der Waals surface area contributed by atoms with Gasteiger partial charge in [0.1, 0.15) is 11.6 Å². The third kappa shape index (κ3) is 6.67. The number of hydrogen-bond donors (Lipinski definition) is 2. The molecule has 0 aliphatic carbocycles. The predicted octanol–water partition coefficient (Wildman–Crippen LogP) is 4.06. The molecule has 1 unspecified atom stereocenters. The monoisotopic (exact) mass is 436 g/mol. The zero-order valence-electron chi connectivity index (χ0n) is 15.4. The van der Waals surface area contributed by atoms with Crippen LogP contribution in [0.2, 0.25) is 0 Å². The molecule has 0 radical (unpaired) electrons. The van der Waals surface area contributed by atoms with E-state index in [1.54, 1.807) is 31.2 Å². The molecule has 5 nitrogen and oxygen atoms in total. The minimum atomic E-state index is -0.775. The molecule has 2 N–H and O–H groups in total. The van der Waals surface area contributed by atoms with Gasteiger partial charge in [0.15, 0.2) is 6.10 Å². The molecule has 2 aromatic rings. The van der Waals surface area contributed by atoms with Crippen LogP contribution in [0.3, 0.4) is 0 Å². The Morgan fingerprint density at radius 2 is 1.78 bits per heavy atom. The van der Waals surface area contributed by atoms with E-state index in [2.05, 4.69) is 26.6 Å². The first kappa shape index (κ1) is 20.9. The second kappa shape index (κ2) is 9.50. The zero-order valence-corrected chi connectivity index (χ0v) is 17.0. The van der Waals surface area contributed by atoms with E-state index in [4.69, 9.17) is 4.74 Å². The molecular formula is C20H22BrFN2O3. The van der Waals surface area contributed by atoms with Crippen LogP contribution in [0.1, 0.15) is 26.3 Å². The van der Waals surface area contributed by atoms with E-state index < -0.39 is 11.9 Å². The second-order valence-corrected chi connectivity index (χ2v) is 7.27. The van der Waals surface area contributed by atoms with Crippen molar-refractivity contribution in [2.24, 2.45) is 0 Å². The van der Waals surface area contributed by atoms with Crippen LogP contribution in [0, 0.1) is 5.82 Å². The van der Waals surface area contributed by atoms with Crippen molar-refractivity contribution in [1.82, 2.24) is 5.32 Å². The lowest BCUT2D eigenvalue weighted by atomic mass is 10.1. The first-order valence-corrected chi connectivity index (χ1v) is 9.34. The van der Waals surface area contributed by atoms with E-state index in [1.165, 1.54) is 18.2 Å². The first-order chi connectivity index (χ1) is 12.7. The van der Waals surface area contributed by atoms with Crippen LogP contribution in [-0.4, -0.2) is 24.0 Å². The molecule has 2 rings (SSSR count). The molecule has 0 spiro atoms. The fourth-order valence-electron chi connectivity index (χ4n) is 2.32. The predicted molar refractivity (Wildman–Crippen MR) is 106 cm³/mol. The van der Waals surface area contributed by atoms with Crippen molar-refractivity contribution in [3.63, 3.8) is 0 Å². The Morgan fingerprint density at radius 3 is 2.37 bits per heavy atom. The number of anilines is 1. The number of benzene rings is 2. The van der Waals surface area contributed by atoms with Crippen molar-refractivity contribution in [3.8, 4) is 5.75 Å². The average molecular weight is 437 g/mol. The van der Waals surface area contributed by atoms with Crippen molar-refractivity contribution in [1.29, 1.82) is 0 Å². The molecule has 7 heteroatoms. The Hall–Kier alpha value is -2.41. The van der Waals surface area contributed by atoms with Gasteiger partial charge in [0, 0.05) is 11.7 Å². The number of ether oxygens (including phenoxy) is 1. The normalized spacial score (nSPS) is 11.8. The zero-order chi connectivity index (χ0) is 20.0. The van der Waals surface area contributed by atoms with Crippen LogP contribution in [-0.2, 0) is 16.0 Å². The Morgan fingerprint density at radius 1 is 1.11 bits per heavy atom. The lowest BCUT2D eigenvalue weighted by Gasteiger charge is -2.16. The van der Waals surface area contributed by atoms with Crippen molar-refractivity contribution < 1.29 is 18.7 Å². The molecule has 0 fully saturated rings. The van der Waals surface area contributed by atoms with Gasteiger partial charge in [-0.2, -0.15) is 0 Å². The van der Waals surface area contributed by atoms with E-state index >= 15 is 0 Å². The Bertz CT molecular complexity index is 809. The summed E-state index contributed by atoms with van der Waals surface area (Å²) in [6.07, 6.45) is -0.493. The summed E-state index contributed by atoms with van der Waals surface area (Å²) >= 11 is 3.20. The number of carbonyl (C=O) groups is 2. The van der Waals surface area contributed by atoms with Gasteiger partial charge in [0.25, 0.3) is 5.91 Å². The van der Waals surface area contributed by atoms with Crippen LogP contribution >= 0.6 is 15.9 Å². The van der Waals surface area contributed by atoms with Gasteiger partial charge >= 0.3 is 0 Å². The van der Waals surface area contributed by atoms with Gasteiger partial charge in [-0.1, -0.05) is 12.1 Å². The maximum atomic E-state index is 13.1. The van der Waals surface area contributed by atoms with Crippen molar-refractivity contribution >= 4 is 33.4 Å². The van der Waals surface area contributed by atoms with Gasteiger partial charge in [-0.3, -0.25) is 9.59 Å². The second-order valence-electron chi connectivity index (χ2n) is 6.42. The van der Waals surface area contributed by atoms with Crippen LogP contribution in [0.25, 0.3) is 0 Å². The molecule has 1 atom stereocenters. The van der Waals surface area contributed by atoms with Gasteiger partial charge in [-0.15, -0.1) is 0 Å². The summed E-state index contributed by atoms with van der Waals surface area (Å²) in [5.74, 6) is -0.399. The number of rotatable bonds is 7. The highest BCUT2D eigenvalue weighted by Crippen LogP contribution is 2.26. The summed E-state index contributed by atoms with van der Waals surface area (Å²) in [6, 6.07) is 11.1. The molecule has 27 heavy (non-hydrogen) atoms. The van der Waals surface area contributed by atoms with Gasteiger partial charge in [0.2, 0.25) is 5.91 Å². The Labute approximate surface area is 166 Å². The van der Waals surface area contributed by atoms with Crippen molar-refractivity contribution in [3.05, 3.63) is 58.3 Å². The molecule has 0 saturated heterocycles. The van der Waals surface area contributed by atoms with Gasteiger partial charge < -0.3 is 15.4 Å². The SMILES string of the molecule is CC(C)NC(=O)Cc1ccc(NC(=O)C(C)Oc2ccc(F)cc2Br)cc1. The van der Waals surface area contributed by atoms with Crippen LogP contribution in [0.5, 0.6) is 5.75 Å². The maximum Gasteiger partial charge on any atom is 0.265 e. The first-order valence-electron chi connectivity index (χ1n) is 8.55. The van der Waals surface area contributed by atoms with E-state index in [0.717, 1.165) is 5.56 Å². The summed E-state index contributed by atoms with van der Waals surface area (Å²) < 4.78 is 19.1. The van der Waals surface area contributed by atoms with Gasteiger partial charge in [0.05, 0.1) is 10.9 Å². The van der Waals surface area contributed by atoms with Crippen LogP contribution in [0.15, 0.2) is 46.9 Å². The Kier molecular flexibility index (Phi) is 7.36. The number of nitrogens with one attached hydrogen (secondary N) is 2. The topological polar surface area (TPSA) is 67.4 Å². The molecule has 0 saturated carbocycles. The number of carbonyl (C=O) groups excluding carboxylic acids is 2. The van der Waals surface area contributed by atoms with E-state index in [9.17, 15) is 14.0 Å². The average Bonchev–Trinajstić information content (AvgIpc) is 2.58. The van der Waals surface area contributed by atoms with Gasteiger partial charge in [-0.25, -0.2) is 4.39 Å². The summed E-state index contributed by atoms with van der Waals surface area (Å²) in [6.45, 7) is 5.42. The highest BCUT2D eigenvalue weighted by Gasteiger charge is 2.16. The van der Waals surface area contributed by atoms with Gasteiger partial charge in [-0.05, 0) is 72.6 Å². The van der Waals surface area contributed by atoms with Crippen molar-refractivity contribution in [2.75, 3.05) is 5.32 Å². The standard InChI is InChI=1S/C20H22BrFN2O3/c1-12(2)23-19(25)10-14-4-7-16(8-5-14)24-20(26)13(3)27-18-9-6-15(22)11-17(18)21/h4-9,11-13H,10H2,1-3H3,(H,23,25)(H,24,26). The molecule has 0 aliphatic rings. The molecular weight excluding hydrogens is 415 g/mol. The third-order valence-corrected chi connectivity index (χ3v) is 4.22. The molecule has 0 heterocycles. The molecule has 2 aromatic carbocycles. The van der Waals surface area contributed by atoms with Crippen molar-refractivity contribution in [2.45, 2.75) is 39.3 Å². The summed E-state index contributed by atoms with van der Waals surface area (Å²) in [7, 11) is 0. The lowest BCUT2D eigenvalue weighted by Crippen LogP contribution is -2.31. The van der Waals surface area contributed by atoms with Crippen LogP contribution in [0.4, 0.5) is 10.1 Å². The van der Waals surface area contributed by atoms with E-state index in [0.29, 0.717) is 15.9 Å². The highest BCUT2D eigenvalue weighted by molar-refractivity contribution is 9.10. The summed E-state index contributed by atoms with van der Waals surface area (Å²) in [4.78, 5) is 24.1. The fraction of sp³-hybridized carbons (Fsp3) is 0.300. The molecule has 144 valence electrons. The molecule has 0 aromatic heterocycles. The maximum absolute atomic E-state index is 13.1. The minimum absolute atomic E-state index is 0.0475. The summed E-state index contributed by atoms with van der Waals surface area (Å²) in [5.41, 5.74) is 1.45. The molecule has 0 aliphatic heterocycles. The smallest absolute Gasteiger partial charge is 0.265 e. The number of halogens is 2. The highest BCUT2D eigenvalue weighted by atomic mass is 79.9. The minimum Gasteiger partial charge on any atom is -0.480 e. The van der Waals surface area contributed by atoms with E-state index in [-0.39, 0.29) is 24.3 Å². The van der Waals surface area contributed by atoms with Crippen LogP contribution < -0.4 is 15.4 Å². The number of hydrogen-bond acceptors (Lipinski definition) is 3. The number of amides is 2. The molecule has 2 amide bonds. The fourth-order valence-corrected chi connectivity index (χ4v) is 2.77. The quantitative estimate of drug-likeness (QED) is 0.687. The third-order valence-electron chi connectivity index (χ3n) is 3.60. The largest absolute Gasteiger partial charge is 0.480 e. The summed E-state index contributed by atoms with van der Waals surface area (Å²) in [5, 5.41) is 5.58.